The van der Waals surface area contributed by atoms with Crippen LogP contribution in [0.4, 0.5) is 4.79 Å². The van der Waals surface area contributed by atoms with Gasteiger partial charge in [-0.15, -0.1) is 5.10 Å². The van der Waals surface area contributed by atoms with Crippen LogP contribution in [0.15, 0.2) is 60.8 Å². The number of likely N-dealkylation sites (tertiary alicyclic amines) is 1. The smallest absolute Gasteiger partial charge is 0.362 e. The zero-order valence-corrected chi connectivity index (χ0v) is 14.4. The van der Waals surface area contributed by atoms with Gasteiger partial charge in [-0.2, -0.15) is 5.10 Å². The van der Waals surface area contributed by atoms with Crippen LogP contribution in [0.5, 0.6) is 11.5 Å². The Kier molecular flexibility index (Phi) is 4.64. The van der Waals surface area contributed by atoms with Crippen molar-refractivity contribution in [3.8, 4) is 22.8 Å². The Morgan fingerprint density at radius 1 is 0.885 bits per heavy atom. The molecule has 0 spiro atoms. The highest BCUT2D eigenvalue weighted by molar-refractivity contribution is 5.75. The number of para-hydroxylation sites is 1. The summed E-state index contributed by atoms with van der Waals surface area (Å²) < 4.78 is 5.79. The summed E-state index contributed by atoms with van der Waals surface area (Å²) in [6.45, 7) is 1.56. The Morgan fingerprint density at radius 3 is 2.31 bits per heavy atom. The fraction of sp³-hybridized carbons (Fsp3) is 0.250. The van der Waals surface area contributed by atoms with E-state index in [1.807, 2.05) is 59.5 Å². The Bertz CT molecular complexity index is 868. The van der Waals surface area contributed by atoms with Gasteiger partial charge in [0.2, 0.25) is 0 Å². The molecule has 1 aliphatic rings. The summed E-state index contributed by atoms with van der Waals surface area (Å²) in [6.07, 6.45) is 4.89. The van der Waals surface area contributed by atoms with Crippen molar-refractivity contribution in [1.82, 2.24) is 19.9 Å². The highest BCUT2D eigenvalue weighted by Gasteiger charge is 2.20. The molecule has 6 heteroatoms. The number of benzene rings is 2. The van der Waals surface area contributed by atoms with Crippen molar-refractivity contribution in [3.05, 3.63) is 60.8 Å². The van der Waals surface area contributed by atoms with E-state index in [4.69, 9.17) is 4.74 Å². The number of hydrogen-bond donors (Lipinski definition) is 0. The number of carbonyl (C=O) groups is 1. The van der Waals surface area contributed by atoms with Crippen molar-refractivity contribution in [2.24, 2.45) is 0 Å². The third kappa shape index (κ3) is 3.59. The van der Waals surface area contributed by atoms with Crippen molar-refractivity contribution in [1.29, 1.82) is 0 Å². The predicted octanol–water partition coefficient (Wildman–Crippen LogP) is 4.19. The largest absolute Gasteiger partial charge is 0.457 e. The average Bonchev–Trinajstić information content (AvgIpc) is 3.20. The average molecular weight is 348 g/mol. The summed E-state index contributed by atoms with van der Waals surface area (Å²) in [6, 6.07) is 17.1. The molecule has 2 aromatic carbocycles. The molecule has 0 N–H and O–H groups in total. The van der Waals surface area contributed by atoms with Crippen molar-refractivity contribution >= 4 is 6.03 Å². The first-order valence-electron chi connectivity index (χ1n) is 8.84. The summed E-state index contributed by atoms with van der Waals surface area (Å²) in [4.78, 5) is 15.4. The van der Waals surface area contributed by atoms with Crippen molar-refractivity contribution < 1.29 is 9.53 Å². The Balaban J connectivity index is 1.46. The molecular weight excluding hydrogens is 328 g/mol. The second-order valence-electron chi connectivity index (χ2n) is 6.29. The van der Waals surface area contributed by atoms with Crippen LogP contribution in [0.3, 0.4) is 0 Å². The van der Waals surface area contributed by atoms with Gasteiger partial charge in [0.05, 0.1) is 6.20 Å². The SMILES string of the molecule is O=C(N1CCCCC1)n1ncc(-c2ccc(Oc3ccccc3)cc2)n1. The van der Waals surface area contributed by atoms with Crippen molar-refractivity contribution in [2.75, 3.05) is 13.1 Å². The summed E-state index contributed by atoms with van der Waals surface area (Å²) in [7, 11) is 0. The molecule has 2 heterocycles. The third-order valence-corrected chi connectivity index (χ3v) is 4.42. The van der Waals surface area contributed by atoms with E-state index in [0.717, 1.165) is 43.0 Å². The number of piperidine rings is 1. The third-order valence-electron chi connectivity index (χ3n) is 4.42. The predicted molar refractivity (Wildman–Crippen MR) is 98.2 cm³/mol. The van der Waals surface area contributed by atoms with E-state index in [1.54, 1.807) is 6.20 Å². The van der Waals surface area contributed by atoms with Gasteiger partial charge in [0, 0.05) is 18.7 Å². The van der Waals surface area contributed by atoms with Crippen LogP contribution >= 0.6 is 0 Å². The molecule has 0 unspecified atom stereocenters. The number of carbonyl (C=O) groups excluding carboxylic acids is 1. The van der Waals surface area contributed by atoms with Gasteiger partial charge in [-0.3, -0.25) is 0 Å². The number of hydrogen-bond acceptors (Lipinski definition) is 4. The monoisotopic (exact) mass is 348 g/mol. The van der Waals surface area contributed by atoms with Gasteiger partial charge in [0.15, 0.2) is 0 Å². The number of ether oxygens (including phenoxy) is 1. The molecule has 132 valence electrons. The number of rotatable bonds is 3. The summed E-state index contributed by atoms with van der Waals surface area (Å²) in [5.41, 5.74) is 1.56. The number of amides is 1. The van der Waals surface area contributed by atoms with Crippen LogP contribution < -0.4 is 4.74 Å². The highest BCUT2D eigenvalue weighted by Crippen LogP contribution is 2.24. The lowest BCUT2D eigenvalue weighted by Crippen LogP contribution is -2.39. The lowest BCUT2D eigenvalue weighted by Gasteiger charge is -2.25. The molecule has 1 saturated heterocycles. The van der Waals surface area contributed by atoms with Gasteiger partial charge in [0.25, 0.3) is 0 Å². The minimum atomic E-state index is -0.153. The molecule has 0 aliphatic carbocycles. The van der Waals surface area contributed by atoms with E-state index in [9.17, 15) is 4.79 Å². The molecule has 4 rings (SSSR count). The molecule has 1 amide bonds. The highest BCUT2D eigenvalue weighted by atomic mass is 16.5. The lowest BCUT2D eigenvalue weighted by atomic mass is 10.1. The molecule has 1 aliphatic heterocycles. The van der Waals surface area contributed by atoms with Gasteiger partial charge < -0.3 is 9.64 Å². The fourth-order valence-corrected chi connectivity index (χ4v) is 3.02. The molecule has 0 radical (unpaired) electrons. The molecule has 1 fully saturated rings. The van der Waals surface area contributed by atoms with E-state index in [2.05, 4.69) is 10.2 Å². The normalized spacial score (nSPS) is 14.2. The topological polar surface area (TPSA) is 60.2 Å². The molecule has 1 aromatic heterocycles. The first-order chi connectivity index (χ1) is 12.8. The molecule has 3 aromatic rings. The summed E-state index contributed by atoms with van der Waals surface area (Å²) >= 11 is 0. The lowest BCUT2D eigenvalue weighted by molar-refractivity contribution is 0.181. The molecule has 0 bridgehead atoms. The fourth-order valence-electron chi connectivity index (χ4n) is 3.02. The second kappa shape index (κ2) is 7.39. The molecule has 0 saturated carbocycles. The first kappa shape index (κ1) is 16.3. The van der Waals surface area contributed by atoms with Crippen LogP contribution in [0.25, 0.3) is 11.3 Å². The van der Waals surface area contributed by atoms with Crippen LogP contribution in [-0.2, 0) is 0 Å². The van der Waals surface area contributed by atoms with Crippen molar-refractivity contribution in [3.63, 3.8) is 0 Å². The van der Waals surface area contributed by atoms with E-state index in [0.29, 0.717) is 5.69 Å². The van der Waals surface area contributed by atoms with E-state index >= 15 is 0 Å². The van der Waals surface area contributed by atoms with Crippen molar-refractivity contribution in [2.45, 2.75) is 19.3 Å². The Labute approximate surface area is 152 Å². The zero-order valence-electron chi connectivity index (χ0n) is 14.4. The van der Waals surface area contributed by atoms with E-state index < -0.39 is 0 Å². The van der Waals surface area contributed by atoms with Gasteiger partial charge in [-0.05, 0) is 55.7 Å². The Hall–Kier alpha value is -3.15. The molecule has 0 atom stereocenters. The number of nitrogens with zero attached hydrogens (tertiary/aromatic N) is 4. The van der Waals surface area contributed by atoms with E-state index in [-0.39, 0.29) is 6.03 Å². The van der Waals surface area contributed by atoms with Crippen LogP contribution in [0.2, 0.25) is 0 Å². The molecular formula is C20H20N4O2. The minimum Gasteiger partial charge on any atom is -0.457 e. The first-order valence-corrected chi connectivity index (χ1v) is 8.84. The van der Waals surface area contributed by atoms with Gasteiger partial charge in [0.1, 0.15) is 17.2 Å². The van der Waals surface area contributed by atoms with E-state index in [1.165, 1.54) is 11.2 Å². The number of aromatic nitrogens is 3. The maximum atomic E-state index is 12.4. The van der Waals surface area contributed by atoms with Crippen LogP contribution in [0.1, 0.15) is 19.3 Å². The molecule has 26 heavy (non-hydrogen) atoms. The van der Waals surface area contributed by atoms with Gasteiger partial charge in [-0.1, -0.05) is 23.0 Å². The maximum absolute atomic E-state index is 12.4. The summed E-state index contributed by atoms with van der Waals surface area (Å²) in [5.74, 6) is 1.54. The second-order valence-corrected chi connectivity index (χ2v) is 6.29. The van der Waals surface area contributed by atoms with Gasteiger partial charge >= 0.3 is 6.03 Å². The Morgan fingerprint density at radius 2 is 1.58 bits per heavy atom. The van der Waals surface area contributed by atoms with Gasteiger partial charge in [-0.25, -0.2) is 4.79 Å². The summed E-state index contributed by atoms with van der Waals surface area (Å²) in [5, 5.41) is 8.48. The van der Waals surface area contributed by atoms with Crippen LogP contribution in [-0.4, -0.2) is 39.0 Å². The minimum absolute atomic E-state index is 0.153. The molecule has 6 nitrogen and oxygen atoms in total. The maximum Gasteiger partial charge on any atom is 0.362 e. The quantitative estimate of drug-likeness (QED) is 0.712. The zero-order chi connectivity index (χ0) is 17.8. The standard InChI is InChI=1S/C20H20N4O2/c25-20(23-13-5-2-6-14-23)24-21-15-19(22-24)16-9-11-18(12-10-16)26-17-7-3-1-4-8-17/h1,3-4,7-12,15H,2,5-6,13-14H2. The van der Waals surface area contributed by atoms with Crippen LogP contribution in [0, 0.1) is 0 Å².